The van der Waals surface area contributed by atoms with Gasteiger partial charge < -0.3 is 4.74 Å². The second-order valence-electron chi connectivity index (χ2n) is 5.92. The molecule has 1 aliphatic rings. The average molecular weight is 441 g/mol. The van der Waals surface area contributed by atoms with Crippen LogP contribution in [0.4, 0.5) is 5.69 Å². The third-order valence-electron chi connectivity index (χ3n) is 4.31. The second-order valence-corrected chi connectivity index (χ2v) is 9.08. The first kappa shape index (κ1) is 18.4. The molecule has 0 aromatic heterocycles. The monoisotopic (exact) mass is 439 g/mol. The predicted octanol–water partition coefficient (Wildman–Crippen LogP) is 6.24. The molecule has 8 heteroatoms. The molecule has 138 valence electrons. The van der Waals surface area contributed by atoms with Crippen molar-refractivity contribution in [3.63, 3.8) is 0 Å². The molecular weight excluding hydrogens is 429 g/mol. The summed E-state index contributed by atoms with van der Waals surface area (Å²) in [6.07, 6.45) is 0. The molecule has 0 spiro atoms. The van der Waals surface area contributed by atoms with Crippen LogP contribution < -0.4 is 9.04 Å². The van der Waals surface area contributed by atoms with E-state index in [1.54, 1.807) is 48.5 Å². The molecule has 0 atom stereocenters. The molecule has 4 rings (SSSR count). The number of ether oxygens (including phenoxy) is 1. The molecule has 0 N–H and O–H groups in total. The molecule has 0 fully saturated rings. The molecule has 4 nitrogen and oxygen atoms in total. The van der Waals surface area contributed by atoms with Crippen molar-refractivity contribution in [3.8, 4) is 22.6 Å². The summed E-state index contributed by atoms with van der Waals surface area (Å²) in [5, 5.41) is 1.10. The zero-order valence-electron chi connectivity index (χ0n) is 13.9. The van der Waals surface area contributed by atoms with Gasteiger partial charge in [0.2, 0.25) is 0 Å². The fourth-order valence-corrected chi connectivity index (χ4v) is 5.01. The molecule has 0 radical (unpaired) electrons. The molecule has 0 amide bonds. The maximum absolute atomic E-state index is 13.0. The Balaban J connectivity index is 2.00. The molecule has 0 saturated heterocycles. The third-order valence-corrected chi connectivity index (χ3v) is 7.16. The van der Waals surface area contributed by atoms with E-state index >= 15 is 0 Å². The van der Waals surface area contributed by atoms with Gasteiger partial charge in [-0.3, -0.25) is 4.31 Å². The lowest BCUT2D eigenvalue weighted by molar-refractivity contribution is 0.483. The zero-order valence-corrected chi connectivity index (χ0v) is 17.0. The first-order valence-electron chi connectivity index (χ1n) is 7.84. The molecule has 1 heterocycles. The van der Waals surface area contributed by atoms with Gasteiger partial charge in [0.25, 0.3) is 10.0 Å². The van der Waals surface area contributed by atoms with Crippen molar-refractivity contribution in [1.29, 1.82) is 0 Å². The molecule has 0 unspecified atom stereocenters. The van der Waals surface area contributed by atoms with Crippen LogP contribution in [0.2, 0.25) is 15.1 Å². The van der Waals surface area contributed by atoms with E-state index in [2.05, 4.69) is 0 Å². The van der Waals surface area contributed by atoms with Crippen LogP contribution in [0.15, 0.2) is 59.5 Å². The summed E-state index contributed by atoms with van der Waals surface area (Å²) in [7, 11) is -2.29. The Hall–Kier alpha value is -1.92. The van der Waals surface area contributed by atoms with E-state index in [4.69, 9.17) is 39.5 Å². The van der Waals surface area contributed by atoms with Crippen molar-refractivity contribution in [2.45, 2.75) is 4.90 Å². The fourth-order valence-electron chi connectivity index (χ4n) is 3.03. The van der Waals surface area contributed by atoms with Crippen LogP contribution >= 0.6 is 34.8 Å². The van der Waals surface area contributed by atoms with Crippen molar-refractivity contribution in [2.75, 3.05) is 11.4 Å². The summed E-state index contributed by atoms with van der Waals surface area (Å²) < 4.78 is 33.1. The van der Waals surface area contributed by atoms with Crippen molar-refractivity contribution in [2.24, 2.45) is 0 Å². The number of rotatable bonds is 2. The van der Waals surface area contributed by atoms with Crippen molar-refractivity contribution < 1.29 is 13.2 Å². The SMILES string of the molecule is CN1c2c(Oc3ccc(Cl)cc3)cc(Cl)c(Cl)c2-c2ccccc2S1(=O)=O. The van der Waals surface area contributed by atoms with E-state index in [9.17, 15) is 8.42 Å². The van der Waals surface area contributed by atoms with Crippen molar-refractivity contribution in [1.82, 2.24) is 0 Å². The number of nitrogens with zero attached hydrogens (tertiary/aromatic N) is 1. The van der Waals surface area contributed by atoms with E-state index in [1.165, 1.54) is 13.1 Å². The van der Waals surface area contributed by atoms with Crippen molar-refractivity contribution in [3.05, 3.63) is 69.7 Å². The lowest BCUT2D eigenvalue weighted by Crippen LogP contribution is -2.31. The van der Waals surface area contributed by atoms with Crippen LogP contribution in [-0.4, -0.2) is 15.5 Å². The number of fused-ring (bicyclic) bond motifs is 3. The molecule has 0 saturated carbocycles. The lowest BCUT2D eigenvalue weighted by Gasteiger charge is -2.31. The Labute approximate surface area is 171 Å². The molecule has 0 aliphatic carbocycles. The lowest BCUT2D eigenvalue weighted by atomic mass is 10.0. The second kappa shape index (κ2) is 6.60. The van der Waals surface area contributed by atoms with Crippen LogP contribution in [0, 0.1) is 0 Å². The fraction of sp³-hybridized carbons (Fsp3) is 0.0526. The van der Waals surface area contributed by atoms with Crippen LogP contribution in [0.25, 0.3) is 11.1 Å². The third kappa shape index (κ3) is 2.95. The van der Waals surface area contributed by atoms with Gasteiger partial charge in [-0.15, -0.1) is 0 Å². The number of hydrogen-bond donors (Lipinski definition) is 0. The minimum Gasteiger partial charge on any atom is -0.455 e. The zero-order chi connectivity index (χ0) is 19.3. The highest BCUT2D eigenvalue weighted by atomic mass is 35.5. The van der Waals surface area contributed by atoms with Crippen molar-refractivity contribution >= 4 is 50.5 Å². The van der Waals surface area contributed by atoms with Gasteiger partial charge >= 0.3 is 0 Å². The summed E-state index contributed by atoms with van der Waals surface area (Å²) in [6, 6.07) is 14.9. The van der Waals surface area contributed by atoms with Gasteiger partial charge in [0.1, 0.15) is 11.4 Å². The Morgan fingerprint density at radius 2 is 1.63 bits per heavy atom. The highest BCUT2D eigenvalue weighted by Gasteiger charge is 2.37. The van der Waals surface area contributed by atoms with Gasteiger partial charge in [-0.25, -0.2) is 8.42 Å². The topological polar surface area (TPSA) is 46.6 Å². The summed E-state index contributed by atoms with van der Waals surface area (Å²) in [5.74, 6) is 0.770. The van der Waals surface area contributed by atoms with E-state index in [0.717, 1.165) is 4.31 Å². The molecule has 3 aromatic carbocycles. The first-order chi connectivity index (χ1) is 12.8. The first-order valence-corrected chi connectivity index (χ1v) is 10.4. The normalized spacial score (nSPS) is 14.4. The van der Waals surface area contributed by atoms with Crippen LogP contribution in [0.1, 0.15) is 0 Å². The standard InChI is InChI=1S/C19H12Cl3NO3S/c1-23-19-15(26-12-8-6-11(20)7-9-12)10-14(21)18(22)17(19)13-4-2-3-5-16(13)27(23,24)25/h2-10H,1H3. The molecule has 1 aliphatic heterocycles. The number of anilines is 1. The number of sulfonamides is 1. The molecular formula is C19H12Cl3NO3S. The van der Waals surface area contributed by atoms with Crippen LogP contribution in [0.3, 0.4) is 0 Å². The number of halogens is 3. The smallest absolute Gasteiger partial charge is 0.264 e. The van der Waals surface area contributed by atoms with Gasteiger partial charge in [-0.1, -0.05) is 53.0 Å². The van der Waals surface area contributed by atoms with Gasteiger partial charge in [-0.2, -0.15) is 0 Å². The van der Waals surface area contributed by atoms with Crippen LogP contribution in [0.5, 0.6) is 11.5 Å². The molecule has 27 heavy (non-hydrogen) atoms. The molecule has 0 bridgehead atoms. The van der Waals surface area contributed by atoms with Gasteiger partial charge in [-0.05, 0) is 30.3 Å². The van der Waals surface area contributed by atoms with E-state index < -0.39 is 10.0 Å². The van der Waals surface area contributed by atoms with E-state index in [1.807, 2.05) is 0 Å². The summed E-state index contributed by atoms with van der Waals surface area (Å²) >= 11 is 18.7. The van der Waals surface area contributed by atoms with E-state index in [-0.39, 0.29) is 20.7 Å². The minimum atomic E-state index is -3.75. The quantitative estimate of drug-likeness (QED) is 0.473. The molecule has 3 aromatic rings. The highest BCUT2D eigenvalue weighted by molar-refractivity contribution is 7.93. The minimum absolute atomic E-state index is 0.168. The Kier molecular flexibility index (Phi) is 4.51. The van der Waals surface area contributed by atoms with Gasteiger partial charge in [0, 0.05) is 29.3 Å². The summed E-state index contributed by atoms with van der Waals surface area (Å²) in [6.45, 7) is 0. The Morgan fingerprint density at radius 1 is 0.963 bits per heavy atom. The largest absolute Gasteiger partial charge is 0.455 e. The highest BCUT2D eigenvalue weighted by Crippen LogP contribution is 2.53. The average Bonchev–Trinajstić information content (AvgIpc) is 2.65. The van der Waals surface area contributed by atoms with E-state index in [0.29, 0.717) is 27.6 Å². The van der Waals surface area contributed by atoms with Crippen LogP contribution in [-0.2, 0) is 10.0 Å². The maximum Gasteiger partial charge on any atom is 0.264 e. The summed E-state index contributed by atoms with van der Waals surface area (Å²) in [5.41, 5.74) is 1.33. The van der Waals surface area contributed by atoms with Gasteiger partial charge in [0.15, 0.2) is 5.75 Å². The Bertz CT molecular complexity index is 1160. The maximum atomic E-state index is 13.0. The number of hydrogen-bond acceptors (Lipinski definition) is 3. The predicted molar refractivity (Wildman–Crippen MR) is 109 cm³/mol. The van der Waals surface area contributed by atoms with Gasteiger partial charge in [0.05, 0.1) is 14.9 Å². The number of benzene rings is 3. The Morgan fingerprint density at radius 3 is 2.33 bits per heavy atom. The summed E-state index contributed by atoms with van der Waals surface area (Å²) in [4.78, 5) is 0.168.